The van der Waals surface area contributed by atoms with Gasteiger partial charge in [0.05, 0.1) is 0 Å². The molecule has 0 heterocycles. The van der Waals surface area contributed by atoms with Gasteiger partial charge in [-0.1, -0.05) is 0 Å². The van der Waals surface area contributed by atoms with Crippen LogP contribution in [-0.4, -0.2) is 0 Å². The molecule has 1 heteroatoms. The van der Waals surface area contributed by atoms with Crippen LogP contribution in [0.2, 0.25) is 0 Å². The molecule has 0 aliphatic heterocycles. The number of allylic oxidation sites excluding steroid dienone is 4. The third-order valence-electron chi connectivity index (χ3n) is 0.586. The van der Waals surface area contributed by atoms with Gasteiger partial charge in [-0.2, -0.15) is 6.08 Å². The van der Waals surface area contributed by atoms with Gasteiger partial charge in [-0.15, -0.1) is 6.42 Å². The molecule has 11 heavy (non-hydrogen) atoms. The summed E-state index contributed by atoms with van der Waals surface area (Å²) in [6.45, 7) is 0. The van der Waals surface area contributed by atoms with Crippen LogP contribution in [0.15, 0.2) is 18.2 Å². The average Bonchev–Trinajstić information content (AvgIpc) is 1.76. The number of rotatable bonds is 0. The molecule has 0 amide bonds. The fourth-order valence-electron chi connectivity index (χ4n) is 0.340. The first-order chi connectivity index (χ1) is 2.50. The van der Waals surface area contributed by atoms with Crippen molar-refractivity contribution in [1.82, 2.24) is 0 Å². The molecule has 0 radical (unpaired) electrons. The molecule has 0 aromatic rings. The van der Waals surface area contributed by atoms with E-state index in [1.165, 1.54) is 0 Å². The van der Waals surface area contributed by atoms with Crippen LogP contribution >= 0.6 is 0 Å². The SMILES string of the molecule is [C-]1=CC=CC1.[CH3-].[CH3-].[CH3-].[CH3-].[CH3-].[Cr+6]. The van der Waals surface area contributed by atoms with Gasteiger partial charge in [-0.05, 0) is 0 Å². The second-order valence-electron chi connectivity index (χ2n) is 1.00. The van der Waals surface area contributed by atoms with Gasteiger partial charge >= 0.3 is 17.4 Å². The van der Waals surface area contributed by atoms with E-state index in [1.807, 2.05) is 12.2 Å². The third-order valence-corrected chi connectivity index (χ3v) is 0.586. The third kappa shape index (κ3) is 25.6. The summed E-state index contributed by atoms with van der Waals surface area (Å²) >= 11 is 0. The zero-order chi connectivity index (χ0) is 3.54. The molecule has 0 spiro atoms. The van der Waals surface area contributed by atoms with Crippen molar-refractivity contribution in [2.75, 3.05) is 0 Å². The van der Waals surface area contributed by atoms with Crippen molar-refractivity contribution in [2.45, 2.75) is 6.42 Å². The maximum absolute atomic E-state index is 2.99. The smallest absolute Gasteiger partial charge is 0.358 e. The molecule has 0 N–H and O–H groups in total. The van der Waals surface area contributed by atoms with Crippen LogP contribution in [0.3, 0.4) is 0 Å². The predicted molar refractivity (Wildman–Crippen MR) is 53.6 cm³/mol. The fraction of sp³-hybridized carbons (Fsp3) is 0.100. The van der Waals surface area contributed by atoms with Crippen molar-refractivity contribution in [3.63, 3.8) is 0 Å². The van der Waals surface area contributed by atoms with Crippen molar-refractivity contribution in [1.29, 1.82) is 0 Å². The Kier molecular flexibility index (Phi) is 129. The van der Waals surface area contributed by atoms with Crippen LogP contribution in [0, 0.1) is 43.2 Å². The first-order valence-corrected chi connectivity index (χ1v) is 1.72. The molecule has 0 aromatic heterocycles. The van der Waals surface area contributed by atoms with Crippen LogP contribution in [0.5, 0.6) is 0 Å². The number of hydrogen-bond acceptors (Lipinski definition) is 0. The Morgan fingerprint density at radius 1 is 0.909 bits per heavy atom. The minimum atomic E-state index is 0. The Morgan fingerprint density at radius 3 is 1.45 bits per heavy atom. The van der Waals surface area contributed by atoms with Crippen LogP contribution < -0.4 is 0 Å². The van der Waals surface area contributed by atoms with Crippen LogP contribution in [0.4, 0.5) is 0 Å². The summed E-state index contributed by atoms with van der Waals surface area (Å²) in [7, 11) is 0. The fourth-order valence-corrected chi connectivity index (χ4v) is 0.340. The van der Waals surface area contributed by atoms with E-state index in [9.17, 15) is 0 Å². The predicted octanol–water partition coefficient (Wildman–Crippen LogP) is 3.55. The molecule has 1 aliphatic rings. The van der Waals surface area contributed by atoms with E-state index in [-0.39, 0.29) is 54.5 Å². The first kappa shape index (κ1) is 43.9. The largest absolute Gasteiger partial charge is 6.00 e. The van der Waals surface area contributed by atoms with Crippen molar-refractivity contribution >= 4 is 0 Å². The second-order valence-corrected chi connectivity index (χ2v) is 1.00. The van der Waals surface area contributed by atoms with E-state index in [2.05, 4.69) is 12.2 Å². The average molecular weight is 192 g/mol. The van der Waals surface area contributed by atoms with Crippen molar-refractivity contribution in [2.24, 2.45) is 0 Å². The molecule has 0 saturated heterocycles. The Bertz CT molecular complexity index is 62.9. The maximum Gasteiger partial charge on any atom is 6.00 e. The molecule has 1 rings (SSSR count). The summed E-state index contributed by atoms with van der Waals surface area (Å²) in [6.07, 6.45) is 10.0. The van der Waals surface area contributed by atoms with Crippen LogP contribution in [0.25, 0.3) is 0 Å². The van der Waals surface area contributed by atoms with Crippen molar-refractivity contribution in [3.05, 3.63) is 61.4 Å². The first-order valence-electron chi connectivity index (χ1n) is 1.72. The summed E-state index contributed by atoms with van der Waals surface area (Å²) in [5.41, 5.74) is 0. The van der Waals surface area contributed by atoms with E-state index in [0.29, 0.717) is 0 Å². The summed E-state index contributed by atoms with van der Waals surface area (Å²) in [5.74, 6) is 0. The van der Waals surface area contributed by atoms with Gasteiger partial charge in [0.1, 0.15) is 0 Å². The van der Waals surface area contributed by atoms with Crippen molar-refractivity contribution < 1.29 is 17.4 Å². The van der Waals surface area contributed by atoms with Gasteiger partial charge in [0.15, 0.2) is 0 Å². The normalized spacial score (nSPS) is 8.00. The Labute approximate surface area is 85.5 Å². The molecule has 0 aromatic carbocycles. The standard InChI is InChI=1S/C5H5.5CH3.Cr/c1-2-4-5-3-1;;;;;;/h1-3H,4H2;5*1H3;/q6*-1;+6. The topological polar surface area (TPSA) is 0 Å². The molecule has 0 unspecified atom stereocenters. The van der Waals surface area contributed by atoms with Gasteiger partial charge < -0.3 is 37.1 Å². The van der Waals surface area contributed by atoms with E-state index in [4.69, 9.17) is 0 Å². The summed E-state index contributed by atoms with van der Waals surface area (Å²) in [5, 5.41) is 0. The molecule has 1 aliphatic carbocycles. The molecule has 0 atom stereocenters. The van der Waals surface area contributed by atoms with Gasteiger partial charge in [0, 0.05) is 0 Å². The van der Waals surface area contributed by atoms with E-state index in [0.717, 1.165) is 6.42 Å². The van der Waals surface area contributed by atoms with Crippen LogP contribution in [0.1, 0.15) is 6.42 Å². The Hall–Kier alpha value is 0.0125. The van der Waals surface area contributed by atoms with Gasteiger partial charge in [0.25, 0.3) is 0 Å². The molecule has 0 saturated carbocycles. The molecule has 66 valence electrons. The van der Waals surface area contributed by atoms with E-state index >= 15 is 0 Å². The maximum atomic E-state index is 2.99. The number of hydrogen-bond donors (Lipinski definition) is 0. The Morgan fingerprint density at radius 2 is 1.36 bits per heavy atom. The minimum Gasteiger partial charge on any atom is -0.358 e. The van der Waals surface area contributed by atoms with E-state index in [1.54, 1.807) is 0 Å². The summed E-state index contributed by atoms with van der Waals surface area (Å²) in [4.78, 5) is 0. The van der Waals surface area contributed by atoms with Crippen LogP contribution in [-0.2, 0) is 17.4 Å². The quantitative estimate of drug-likeness (QED) is 0.515. The molecule has 0 fully saturated rings. The monoisotopic (exact) mass is 192 g/mol. The minimum absolute atomic E-state index is 0. The molecular weight excluding hydrogens is 172 g/mol. The van der Waals surface area contributed by atoms with Gasteiger partial charge in [0.2, 0.25) is 0 Å². The summed E-state index contributed by atoms with van der Waals surface area (Å²) < 4.78 is 0. The van der Waals surface area contributed by atoms with Gasteiger partial charge in [-0.3, -0.25) is 6.08 Å². The zero-order valence-electron chi connectivity index (χ0n) is 8.35. The van der Waals surface area contributed by atoms with E-state index < -0.39 is 0 Å². The summed E-state index contributed by atoms with van der Waals surface area (Å²) in [6, 6.07) is 0. The molecule has 0 bridgehead atoms. The second kappa shape index (κ2) is 32.4. The zero-order valence-corrected chi connectivity index (χ0v) is 9.62. The van der Waals surface area contributed by atoms with Gasteiger partial charge in [-0.25, -0.2) is 12.2 Å². The van der Waals surface area contributed by atoms with Crippen molar-refractivity contribution in [3.8, 4) is 0 Å². The molecular formula is C10H20Cr. The molecule has 0 nitrogen and oxygen atoms in total. The Balaban J connectivity index is -0.0000000104.